The third-order valence-electron chi connectivity index (χ3n) is 6.44. The molecule has 0 bridgehead atoms. The van der Waals surface area contributed by atoms with Crippen molar-refractivity contribution in [3.8, 4) is 0 Å². The molecule has 3 nitrogen and oxygen atoms in total. The molecule has 0 saturated heterocycles. The molecule has 0 spiro atoms. The van der Waals surface area contributed by atoms with E-state index in [-0.39, 0.29) is 0 Å². The predicted molar refractivity (Wildman–Crippen MR) is 165 cm³/mol. The third kappa shape index (κ3) is 11.0. The lowest BCUT2D eigenvalue weighted by Crippen LogP contribution is -2.23. The molecular formula is C34H53N3. The highest BCUT2D eigenvalue weighted by Gasteiger charge is 2.14. The lowest BCUT2D eigenvalue weighted by atomic mass is 9.98. The Morgan fingerprint density at radius 1 is 0.946 bits per heavy atom. The van der Waals surface area contributed by atoms with Gasteiger partial charge in [0, 0.05) is 24.0 Å². The molecule has 0 aliphatic heterocycles. The largest absolute Gasteiger partial charge is 0.329 e. The van der Waals surface area contributed by atoms with E-state index < -0.39 is 0 Å². The van der Waals surface area contributed by atoms with E-state index in [2.05, 4.69) is 119 Å². The fourth-order valence-electron chi connectivity index (χ4n) is 4.02. The number of hydrogen-bond donors (Lipinski definition) is 0. The molecule has 3 heteroatoms. The summed E-state index contributed by atoms with van der Waals surface area (Å²) in [4.78, 5) is 2.26. The highest BCUT2D eigenvalue weighted by atomic mass is 15.4. The van der Waals surface area contributed by atoms with Gasteiger partial charge in [0.25, 0.3) is 0 Å². The van der Waals surface area contributed by atoms with Crippen LogP contribution in [0, 0.1) is 19.8 Å². The molecule has 0 saturated carbocycles. The molecule has 2 aromatic carbocycles. The minimum absolute atomic E-state index is 0.726. The first-order valence-electron chi connectivity index (χ1n) is 14.4. The van der Waals surface area contributed by atoms with Crippen LogP contribution in [0.5, 0.6) is 0 Å². The van der Waals surface area contributed by atoms with Gasteiger partial charge in [0.1, 0.15) is 0 Å². The number of hydrogen-bond acceptors (Lipinski definition) is 2. The Kier molecular flexibility index (Phi) is 15.3. The van der Waals surface area contributed by atoms with Crippen LogP contribution >= 0.6 is 0 Å². The van der Waals surface area contributed by atoms with Crippen molar-refractivity contribution in [2.24, 2.45) is 5.92 Å². The van der Waals surface area contributed by atoms with Crippen LogP contribution in [0.2, 0.25) is 0 Å². The van der Waals surface area contributed by atoms with Gasteiger partial charge in [-0.1, -0.05) is 109 Å². The molecule has 0 N–H and O–H groups in total. The summed E-state index contributed by atoms with van der Waals surface area (Å²) < 4.78 is 2.13. The molecule has 0 aliphatic rings. The maximum Gasteiger partial charge on any atom is 0.155 e. The first-order chi connectivity index (χ1) is 17.8. The van der Waals surface area contributed by atoms with Crippen molar-refractivity contribution < 1.29 is 0 Å². The minimum atomic E-state index is 0.726. The Hall–Kier alpha value is -2.81. The number of aryl methyl sites for hydroxylation is 4. The monoisotopic (exact) mass is 503 g/mol. The normalized spacial score (nSPS) is 10.3. The zero-order valence-electron chi connectivity index (χ0n) is 25.3. The summed E-state index contributed by atoms with van der Waals surface area (Å²) in [6.07, 6.45) is 5.53. The van der Waals surface area contributed by atoms with E-state index in [1.54, 1.807) is 0 Å². The van der Waals surface area contributed by atoms with E-state index in [0.29, 0.717) is 0 Å². The molecule has 0 unspecified atom stereocenters. The van der Waals surface area contributed by atoms with Gasteiger partial charge in [-0.3, -0.25) is 4.68 Å². The zero-order valence-corrected chi connectivity index (χ0v) is 25.3. The van der Waals surface area contributed by atoms with Gasteiger partial charge in [-0.2, -0.15) is 5.10 Å². The summed E-state index contributed by atoms with van der Waals surface area (Å²) >= 11 is 0. The van der Waals surface area contributed by atoms with Gasteiger partial charge in [0.15, 0.2) is 5.82 Å². The van der Waals surface area contributed by atoms with E-state index in [4.69, 9.17) is 5.10 Å². The van der Waals surface area contributed by atoms with Gasteiger partial charge in [0.05, 0.1) is 6.54 Å². The second kappa shape index (κ2) is 17.6. The Morgan fingerprint density at radius 3 is 2.11 bits per heavy atom. The summed E-state index contributed by atoms with van der Waals surface area (Å²) in [5.74, 6) is 1.75. The molecular weight excluding hydrogens is 450 g/mol. The van der Waals surface area contributed by atoms with Crippen LogP contribution in [-0.4, -0.2) is 16.3 Å². The molecule has 3 rings (SSSR count). The lowest BCUT2D eigenvalue weighted by Gasteiger charge is -2.23. The zero-order chi connectivity index (χ0) is 27.8. The maximum absolute atomic E-state index is 4.91. The fraction of sp³-hybridized carbons (Fsp3) is 0.500. The number of rotatable bonds is 11. The number of anilines is 1. The number of aromatic nitrogens is 2. The molecule has 37 heavy (non-hydrogen) atoms. The fourth-order valence-corrected chi connectivity index (χ4v) is 4.02. The summed E-state index contributed by atoms with van der Waals surface area (Å²) in [6.45, 7) is 25.4. The topological polar surface area (TPSA) is 21.1 Å². The maximum atomic E-state index is 4.91. The van der Waals surface area contributed by atoms with Gasteiger partial charge < -0.3 is 4.90 Å². The predicted octanol–water partition coefficient (Wildman–Crippen LogP) is 9.55. The van der Waals surface area contributed by atoms with E-state index >= 15 is 0 Å². The molecule has 204 valence electrons. The summed E-state index contributed by atoms with van der Waals surface area (Å²) in [5, 5.41) is 4.91. The van der Waals surface area contributed by atoms with E-state index in [9.17, 15) is 0 Å². The Balaban J connectivity index is 0.000000519. The van der Waals surface area contributed by atoms with Crippen molar-refractivity contribution >= 4 is 5.82 Å². The van der Waals surface area contributed by atoms with E-state index in [1.165, 1.54) is 34.4 Å². The van der Waals surface area contributed by atoms with Crippen LogP contribution in [0.4, 0.5) is 5.82 Å². The SMILES string of the molecule is C=C(CC)N(CCC)c1cc(C)n(Cc2ccccc2CCC(C)C)n1.CC.CCc1ccc(C)cc1. The third-order valence-corrected chi connectivity index (χ3v) is 6.44. The second-order valence-electron chi connectivity index (χ2n) is 9.91. The minimum Gasteiger partial charge on any atom is -0.329 e. The Labute approximate surface area is 228 Å². The van der Waals surface area contributed by atoms with Crippen LogP contribution in [0.25, 0.3) is 0 Å². The Bertz CT molecular complexity index is 1030. The van der Waals surface area contributed by atoms with Gasteiger partial charge in [-0.15, -0.1) is 0 Å². The number of allylic oxidation sites excluding steroid dienone is 1. The van der Waals surface area contributed by atoms with Gasteiger partial charge in [-0.25, -0.2) is 0 Å². The molecule has 0 fully saturated rings. The highest BCUT2D eigenvalue weighted by Crippen LogP contribution is 2.22. The number of nitrogens with zero attached hydrogens (tertiary/aromatic N) is 3. The van der Waals surface area contributed by atoms with Crippen molar-refractivity contribution in [2.45, 2.75) is 101 Å². The molecule has 1 heterocycles. The van der Waals surface area contributed by atoms with Gasteiger partial charge in [0.2, 0.25) is 0 Å². The van der Waals surface area contributed by atoms with Crippen LogP contribution in [0.15, 0.2) is 66.9 Å². The molecule has 0 amide bonds. The van der Waals surface area contributed by atoms with Crippen LogP contribution in [0.1, 0.15) is 95.7 Å². The molecule has 0 aliphatic carbocycles. The van der Waals surface area contributed by atoms with Crippen molar-refractivity contribution in [3.05, 3.63) is 94.8 Å². The average Bonchev–Trinajstić information content (AvgIpc) is 3.27. The summed E-state index contributed by atoms with van der Waals surface area (Å²) in [5.41, 5.74) is 7.91. The average molecular weight is 504 g/mol. The smallest absolute Gasteiger partial charge is 0.155 e. The lowest BCUT2D eigenvalue weighted by molar-refractivity contribution is 0.581. The summed E-state index contributed by atoms with van der Waals surface area (Å²) in [6, 6.07) is 19.6. The van der Waals surface area contributed by atoms with E-state index in [1.807, 2.05) is 13.8 Å². The van der Waals surface area contributed by atoms with Crippen molar-refractivity contribution in [2.75, 3.05) is 11.4 Å². The Morgan fingerprint density at radius 2 is 1.57 bits per heavy atom. The van der Waals surface area contributed by atoms with Gasteiger partial charge in [-0.05, 0) is 68.6 Å². The van der Waals surface area contributed by atoms with Crippen LogP contribution in [0.3, 0.4) is 0 Å². The molecule has 3 aromatic rings. The summed E-state index contributed by atoms with van der Waals surface area (Å²) in [7, 11) is 0. The number of benzene rings is 2. The molecule has 0 radical (unpaired) electrons. The van der Waals surface area contributed by atoms with Gasteiger partial charge >= 0.3 is 0 Å². The second-order valence-corrected chi connectivity index (χ2v) is 9.91. The first-order valence-corrected chi connectivity index (χ1v) is 14.4. The highest BCUT2D eigenvalue weighted by molar-refractivity contribution is 5.46. The van der Waals surface area contributed by atoms with Crippen molar-refractivity contribution in [1.29, 1.82) is 0 Å². The van der Waals surface area contributed by atoms with Crippen LogP contribution in [-0.2, 0) is 19.4 Å². The van der Waals surface area contributed by atoms with Crippen LogP contribution < -0.4 is 4.90 Å². The standard InChI is InChI=1S/C23H35N3.C9H12.C2H6/c1-7-15-25(19(5)8-2)23-16-20(6)26(24-23)17-22-12-10-9-11-21(22)14-13-18(3)4;1-3-9-6-4-8(2)5-7-9;1-2/h9-12,16,18H,5,7-8,13-15,17H2,1-4,6H3;4-7H,3H2,1-2H3;1-2H3. The van der Waals surface area contributed by atoms with Crippen molar-refractivity contribution in [3.63, 3.8) is 0 Å². The quantitative estimate of drug-likeness (QED) is 0.260. The first kappa shape index (κ1) is 32.2. The molecule has 0 atom stereocenters. The van der Waals surface area contributed by atoms with E-state index in [0.717, 1.165) is 56.2 Å². The van der Waals surface area contributed by atoms with Crippen molar-refractivity contribution in [1.82, 2.24) is 9.78 Å². The molecule has 1 aromatic heterocycles.